The zero-order valence-corrected chi connectivity index (χ0v) is 11.0. The maximum atomic E-state index is 6.04. The fourth-order valence-electron chi connectivity index (χ4n) is 2.35. The Morgan fingerprint density at radius 1 is 1.47 bits per heavy atom. The predicted molar refractivity (Wildman–Crippen MR) is 71.7 cm³/mol. The van der Waals surface area contributed by atoms with Gasteiger partial charge in [0.15, 0.2) is 0 Å². The molecule has 0 bridgehead atoms. The third kappa shape index (κ3) is 3.90. The molecule has 1 heterocycles. The van der Waals surface area contributed by atoms with Crippen LogP contribution in [0.3, 0.4) is 0 Å². The molecule has 2 nitrogen and oxygen atoms in total. The van der Waals surface area contributed by atoms with Crippen molar-refractivity contribution in [1.29, 1.82) is 0 Å². The standard InChI is InChI=1S/C14H20ClNO/c1-11(8-12-6-7-16-9-12)10-17-14-5-3-2-4-13(14)15/h2-5,11-12,16H,6-10H2,1H3. The first-order valence-corrected chi connectivity index (χ1v) is 6.71. The molecule has 2 rings (SSSR count). The molecule has 0 radical (unpaired) electrons. The summed E-state index contributed by atoms with van der Waals surface area (Å²) in [6.45, 7) is 5.33. The van der Waals surface area contributed by atoms with Gasteiger partial charge < -0.3 is 10.1 Å². The number of nitrogens with one attached hydrogen (secondary N) is 1. The number of benzene rings is 1. The average Bonchev–Trinajstić information content (AvgIpc) is 2.81. The van der Waals surface area contributed by atoms with Gasteiger partial charge in [0.1, 0.15) is 5.75 Å². The van der Waals surface area contributed by atoms with E-state index in [9.17, 15) is 0 Å². The second-order valence-electron chi connectivity index (χ2n) is 4.94. The summed E-state index contributed by atoms with van der Waals surface area (Å²) in [5.74, 6) is 2.20. The lowest BCUT2D eigenvalue weighted by molar-refractivity contribution is 0.235. The molecule has 94 valence electrons. The van der Waals surface area contributed by atoms with Crippen molar-refractivity contribution in [3.8, 4) is 5.75 Å². The summed E-state index contributed by atoms with van der Waals surface area (Å²) in [7, 11) is 0. The fraction of sp³-hybridized carbons (Fsp3) is 0.571. The predicted octanol–water partition coefficient (Wildman–Crippen LogP) is 3.35. The minimum absolute atomic E-state index is 0.580. The molecule has 1 saturated heterocycles. The summed E-state index contributed by atoms with van der Waals surface area (Å²) in [6, 6.07) is 7.66. The van der Waals surface area contributed by atoms with Crippen LogP contribution in [0.4, 0.5) is 0 Å². The van der Waals surface area contributed by atoms with Gasteiger partial charge in [-0.05, 0) is 49.9 Å². The summed E-state index contributed by atoms with van der Waals surface area (Å²) in [5.41, 5.74) is 0. The number of hydrogen-bond donors (Lipinski definition) is 1. The van der Waals surface area contributed by atoms with Crippen LogP contribution in [-0.4, -0.2) is 19.7 Å². The molecule has 2 atom stereocenters. The minimum Gasteiger partial charge on any atom is -0.492 e. The third-order valence-corrected chi connectivity index (χ3v) is 3.57. The Morgan fingerprint density at radius 3 is 3.00 bits per heavy atom. The summed E-state index contributed by atoms with van der Waals surface area (Å²) >= 11 is 6.04. The molecule has 0 aromatic heterocycles. The van der Waals surface area contributed by atoms with Crippen LogP contribution >= 0.6 is 11.6 Å². The number of para-hydroxylation sites is 1. The van der Waals surface area contributed by atoms with Gasteiger partial charge >= 0.3 is 0 Å². The highest BCUT2D eigenvalue weighted by Gasteiger charge is 2.17. The normalized spacial score (nSPS) is 21.4. The van der Waals surface area contributed by atoms with E-state index in [0.29, 0.717) is 10.9 Å². The van der Waals surface area contributed by atoms with Crippen molar-refractivity contribution in [3.05, 3.63) is 29.3 Å². The second kappa shape index (κ2) is 6.27. The lowest BCUT2D eigenvalue weighted by atomic mass is 9.96. The lowest BCUT2D eigenvalue weighted by Crippen LogP contribution is -2.16. The molecule has 17 heavy (non-hydrogen) atoms. The van der Waals surface area contributed by atoms with Crippen molar-refractivity contribution < 1.29 is 4.74 Å². The van der Waals surface area contributed by atoms with E-state index < -0.39 is 0 Å². The molecular weight excluding hydrogens is 234 g/mol. The lowest BCUT2D eigenvalue weighted by Gasteiger charge is -2.17. The molecule has 0 amide bonds. The first-order valence-electron chi connectivity index (χ1n) is 6.33. The summed E-state index contributed by atoms with van der Waals surface area (Å²) < 4.78 is 5.76. The van der Waals surface area contributed by atoms with E-state index >= 15 is 0 Å². The van der Waals surface area contributed by atoms with Gasteiger partial charge in [0.2, 0.25) is 0 Å². The quantitative estimate of drug-likeness (QED) is 0.869. The highest BCUT2D eigenvalue weighted by Crippen LogP contribution is 2.25. The number of hydrogen-bond acceptors (Lipinski definition) is 2. The molecular formula is C14H20ClNO. The van der Waals surface area contributed by atoms with Gasteiger partial charge in [-0.1, -0.05) is 30.7 Å². The number of halogens is 1. The molecule has 1 aromatic carbocycles. The van der Waals surface area contributed by atoms with Crippen molar-refractivity contribution in [2.45, 2.75) is 19.8 Å². The molecule has 0 spiro atoms. The summed E-state index contributed by atoms with van der Waals surface area (Å²) in [6.07, 6.45) is 2.54. The van der Waals surface area contributed by atoms with E-state index in [1.807, 2.05) is 24.3 Å². The van der Waals surface area contributed by atoms with Crippen LogP contribution in [0.15, 0.2) is 24.3 Å². The van der Waals surface area contributed by atoms with E-state index in [1.54, 1.807) is 0 Å². The highest BCUT2D eigenvalue weighted by molar-refractivity contribution is 6.32. The van der Waals surface area contributed by atoms with Crippen LogP contribution in [0, 0.1) is 11.8 Å². The van der Waals surface area contributed by atoms with E-state index in [4.69, 9.17) is 16.3 Å². The molecule has 1 aliphatic heterocycles. The van der Waals surface area contributed by atoms with Gasteiger partial charge in [-0.2, -0.15) is 0 Å². The Bertz CT molecular complexity index is 350. The van der Waals surface area contributed by atoms with Crippen molar-refractivity contribution in [1.82, 2.24) is 5.32 Å². The van der Waals surface area contributed by atoms with E-state index in [2.05, 4.69) is 12.2 Å². The van der Waals surface area contributed by atoms with E-state index in [-0.39, 0.29) is 0 Å². The Labute approximate surface area is 108 Å². The molecule has 1 N–H and O–H groups in total. The van der Waals surface area contributed by atoms with Gasteiger partial charge in [-0.25, -0.2) is 0 Å². The van der Waals surface area contributed by atoms with Crippen LogP contribution < -0.4 is 10.1 Å². The SMILES string of the molecule is CC(COc1ccccc1Cl)CC1CCNC1. The molecule has 1 fully saturated rings. The van der Waals surface area contributed by atoms with Gasteiger partial charge in [0, 0.05) is 0 Å². The van der Waals surface area contributed by atoms with E-state index in [0.717, 1.165) is 24.8 Å². The number of rotatable bonds is 5. The Balaban J connectivity index is 1.75. The van der Waals surface area contributed by atoms with Crippen LogP contribution in [-0.2, 0) is 0 Å². The van der Waals surface area contributed by atoms with Crippen molar-refractivity contribution in [2.75, 3.05) is 19.7 Å². The maximum Gasteiger partial charge on any atom is 0.137 e. The zero-order chi connectivity index (χ0) is 12.1. The first kappa shape index (κ1) is 12.7. The van der Waals surface area contributed by atoms with Crippen molar-refractivity contribution in [2.24, 2.45) is 11.8 Å². The number of ether oxygens (including phenoxy) is 1. The van der Waals surface area contributed by atoms with Crippen LogP contribution in [0.25, 0.3) is 0 Å². The molecule has 3 heteroatoms. The molecule has 1 aliphatic rings. The molecule has 2 unspecified atom stereocenters. The minimum atomic E-state index is 0.580. The topological polar surface area (TPSA) is 21.3 Å². The smallest absolute Gasteiger partial charge is 0.137 e. The third-order valence-electron chi connectivity index (χ3n) is 3.26. The van der Waals surface area contributed by atoms with Crippen molar-refractivity contribution >= 4 is 11.6 Å². The van der Waals surface area contributed by atoms with Crippen LogP contribution in [0.2, 0.25) is 5.02 Å². The Morgan fingerprint density at radius 2 is 2.29 bits per heavy atom. The zero-order valence-electron chi connectivity index (χ0n) is 10.3. The van der Waals surface area contributed by atoms with Gasteiger partial charge in [-0.3, -0.25) is 0 Å². The summed E-state index contributed by atoms with van der Waals surface area (Å²) in [4.78, 5) is 0. The highest BCUT2D eigenvalue weighted by atomic mass is 35.5. The first-order chi connectivity index (χ1) is 8.25. The Kier molecular flexibility index (Phi) is 4.69. The van der Waals surface area contributed by atoms with E-state index in [1.165, 1.54) is 19.4 Å². The van der Waals surface area contributed by atoms with Gasteiger partial charge in [-0.15, -0.1) is 0 Å². The Hall–Kier alpha value is -0.730. The molecule has 1 aromatic rings. The largest absolute Gasteiger partial charge is 0.492 e. The average molecular weight is 254 g/mol. The monoisotopic (exact) mass is 253 g/mol. The maximum absolute atomic E-state index is 6.04. The van der Waals surface area contributed by atoms with Crippen LogP contribution in [0.1, 0.15) is 19.8 Å². The van der Waals surface area contributed by atoms with Crippen molar-refractivity contribution in [3.63, 3.8) is 0 Å². The van der Waals surface area contributed by atoms with Gasteiger partial charge in [0.25, 0.3) is 0 Å². The fourth-order valence-corrected chi connectivity index (χ4v) is 2.54. The molecule has 0 saturated carbocycles. The summed E-state index contributed by atoms with van der Waals surface area (Å²) in [5, 5.41) is 4.10. The van der Waals surface area contributed by atoms with Gasteiger partial charge in [0.05, 0.1) is 11.6 Å². The molecule has 0 aliphatic carbocycles. The van der Waals surface area contributed by atoms with Crippen LogP contribution in [0.5, 0.6) is 5.75 Å². The second-order valence-corrected chi connectivity index (χ2v) is 5.35.